The van der Waals surface area contributed by atoms with Gasteiger partial charge in [-0.2, -0.15) is 0 Å². The highest BCUT2D eigenvalue weighted by molar-refractivity contribution is 8.19. The van der Waals surface area contributed by atoms with Crippen molar-refractivity contribution in [2.24, 2.45) is 0 Å². The molecule has 0 bridgehead atoms. The van der Waals surface area contributed by atoms with Crippen molar-refractivity contribution in [3.05, 3.63) is 91.6 Å². The fraction of sp³-hybridized carbons (Fsp3) is 0.0909. The number of hydrogen-bond donors (Lipinski definition) is 0. The predicted molar refractivity (Wildman–Crippen MR) is 122 cm³/mol. The molecule has 0 unspecified atom stereocenters. The number of anilines is 1. The summed E-state index contributed by atoms with van der Waals surface area (Å²) in [5.74, 6) is -0.371. The summed E-state index contributed by atoms with van der Waals surface area (Å²) in [4.78, 5) is 37.3. The van der Waals surface area contributed by atoms with Gasteiger partial charge in [0.1, 0.15) is 5.02 Å². The number of thioether (sulfide) groups is 1. The smallest absolute Gasteiger partial charge is 0.298 e. The second kappa shape index (κ2) is 8.05. The van der Waals surface area contributed by atoms with Gasteiger partial charge in [0.25, 0.3) is 16.8 Å². The summed E-state index contributed by atoms with van der Waals surface area (Å²) in [6.07, 6.45) is 1.69. The van der Waals surface area contributed by atoms with Crippen LogP contribution in [0.15, 0.2) is 59.5 Å². The highest BCUT2D eigenvalue weighted by Crippen LogP contribution is 2.37. The summed E-state index contributed by atoms with van der Waals surface area (Å²) in [5, 5.41) is 10.7. The first-order chi connectivity index (χ1) is 14.8. The number of nitro groups is 1. The lowest BCUT2D eigenvalue weighted by Crippen LogP contribution is -2.27. The molecule has 1 aliphatic rings. The maximum absolute atomic E-state index is 12.9. The Kier molecular flexibility index (Phi) is 5.43. The minimum atomic E-state index is -0.532. The topological polar surface area (TPSA) is 85.5 Å². The van der Waals surface area contributed by atoms with Crippen molar-refractivity contribution >= 4 is 52.0 Å². The lowest BCUT2D eigenvalue weighted by atomic mass is 10.2. The van der Waals surface area contributed by atoms with E-state index in [1.54, 1.807) is 36.4 Å². The Bertz CT molecular complexity index is 1270. The average molecular weight is 454 g/mol. The van der Waals surface area contributed by atoms with Crippen molar-refractivity contribution in [1.82, 2.24) is 4.57 Å². The number of nitro benzene ring substituents is 1. The van der Waals surface area contributed by atoms with Crippen LogP contribution in [0.4, 0.5) is 16.2 Å². The van der Waals surface area contributed by atoms with E-state index in [4.69, 9.17) is 11.6 Å². The Morgan fingerprint density at radius 1 is 1.03 bits per heavy atom. The lowest BCUT2D eigenvalue weighted by Gasteiger charge is -2.11. The minimum Gasteiger partial charge on any atom is -0.318 e. The normalized spacial score (nSPS) is 15.2. The Labute approximate surface area is 187 Å². The molecule has 1 fully saturated rings. The van der Waals surface area contributed by atoms with E-state index in [1.807, 2.05) is 30.5 Å². The monoisotopic (exact) mass is 453 g/mol. The van der Waals surface area contributed by atoms with Crippen LogP contribution < -0.4 is 4.90 Å². The molecule has 4 rings (SSSR count). The number of aromatic nitrogens is 1. The van der Waals surface area contributed by atoms with Gasteiger partial charge in [-0.25, -0.2) is 4.90 Å². The van der Waals surface area contributed by atoms with Crippen LogP contribution in [0.25, 0.3) is 11.8 Å². The number of rotatable bonds is 4. The van der Waals surface area contributed by atoms with E-state index < -0.39 is 4.92 Å². The second-order valence-electron chi connectivity index (χ2n) is 6.91. The first kappa shape index (κ1) is 20.9. The Balaban J connectivity index is 1.71. The molecule has 9 heteroatoms. The van der Waals surface area contributed by atoms with Gasteiger partial charge in [0.15, 0.2) is 0 Å². The number of aryl methyl sites for hydroxylation is 1. The van der Waals surface area contributed by atoms with Crippen LogP contribution in [0.5, 0.6) is 0 Å². The first-order valence-electron chi connectivity index (χ1n) is 9.24. The van der Waals surface area contributed by atoms with Crippen LogP contribution in [0.2, 0.25) is 5.02 Å². The minimum absolute atomic E-state index is 0.0422. The summed E-state index contributed by atoms with van der Waals surface area (Å²) in [6.45, 7) is 3.75. The number of para-hydroxylation sites is 1. The molecule has 2 amide bonds. The van der Waals surface area contributed by atoms with E-state index in [2.05, 4.69) is 0 Å². The molecule has 3 aromatic rings. The number of imide groups is 1. The fourth-order valence-corrected chi connectivity index (χ4v) is 4.60. The van der Waals surface area contributed by atoms with Crippen molar-refractivity contribution in [3.8, 4) is 5.69 Å². The van der Waals surface area contributed by atoms with Crippen molar-refractivity contribution in [1.29, 1.82) is 0 Å². The Hall–Kier alpha value is -3.36. The van der Waals surface area contributed by atoms with Gasteiger partial charge in [0.05, 0.1) is 15.5 Å². The molecule has 0 spiro atoms. The van der Waals surface area contributed by atoms with E-state index in [9.17, 15) is 19.7 Å². The molecule has 156 valence electrons. The quantitative estimate of drug-likeness (QED) is 0.279. The standard InChI is InChI=1S/C22H16ClN3O4S/c1-13-10-15(14(2)24(13)17-8-9-19(26(29)30)18(23)12-17)11-20-21(27)25(22(28)31-20)16-6-4-3-5-7-16/h3-12H,1-2H3. The predicted octanol–water partition coefficient (Wildman–Crippen LogP) is 5.90. The highest BCUT2D eigenvalue weighted by atomic mass is 35.5. The van der Waals surface area contributed by atoms with Crippen molar-refractivity contribution in [3.63, 3.8) is 0 Å². The summed E-state index contributed by atoms with van der Waals surface area (Å²) < 4.78 is 1.89. The van der Waals surface area contributed by atoms with Gasteiger partial charge in [-0.15, -0.1) is 0 Å². The maximum Gasteiger partial charge on any atom is 0.298 e. The molecular formula is C22H16ClN3O4S. The maximum atomic E-state index is 12.9. The zero-order valence-corrected chi connectivity index (χ0v) is 18.1. The summed E-state index contributed by atoms with van der Waals surface area (Å²) in [5.41, 5.74) is 3.47. The van der Waals surface area contributed by atoms with Gasteiger partial charge in [-0.3, -0.25) is 19.7 Å². The first-order valence-corrected chi connectivity index (χ1v) is 10.4. The summed E-state index contributed by atoms with van der Waals surface area (Å²) in [7, 11) is 0. The van der Waals surface area contributed by atoms with E-state index in [0.717, 1.165) is 33.6 Å². The second-order valence-corrected chi connectivity index (χ2v) is 8.31. The lowest BCUT2D eigenvalue weighted by molar-refractivity contribution is -0.384. The molecule has 7 nitrogen and oxygen atoms in total. The van der Waals surface area contributed by atoms with Crippen LogP contribution in [-0.4, -0.2) is 20.6 Å². The Morgan fingerprint density at radius 3 is 2.39 bits per heavy atom. The number of benzene rings is 2. The average Bonchev–Trinajstić information content (AvgIpc) is 3.16. The van der Waals surface area contributed by atoms with Crippen LogP contribution in [0.3, 0.4) is 0 Å². The number of carbonyl (C=O) groups is 2. The number of nitrogens with zero attached hydrogens (tertiary/aromatic N) is 3. The van der Waals surface area contributed by atoms with Crippen molar-refractivity contribution in [2.45, 2.75) is 13.8 Å². The molecular weight excluding hydrogens is 438 g/mol. The number of hydrogen-bond acceptors (Lipinski definition) is 5. The van der Waals surface area contributed by atoms with Gasteiger partial charge in [0.2, 0.25) is 0 Å². The van der Waals surface area contributed by atoms with E-state index in [0.29, 0.717) is 16.3 Å². The van der Waals surface area contributed by atoms with E-state index in [1.165, 1.54) is 12.1 Å². The molecule has 0 saturated carbocycles. The van der Waals surface area contributed by atoms with Gasteiger partial charge in [-0.05, 0) is 67.6 Å². The molecule has 31 heavy (non-hydrogen) atoms. The molecule has 1 aromatic heterocycles. The zero-order valence-electron chi connectivity index (χ0n) is 16.5. The zero-order chi connectivity index (χ0) is 22.3. The van der Waals surface area contributed by atoms with Gasteiger partial charge in [-0.1, -0.05) is 29.8 Å². The molecule has 0 N–H and O–H groups in total. The third kappa shape index (κ3) is 3.75. The van der Waals surface area contributed by atoms with E-state index >= 15 is 0 Å². The number of halogens is 1. The van der Waals surface area contributed by atoms with Gasteiger partial charge < -0.3 is 4.57 Å². The third-order valence-corrected chi connectivity index (χ3v) is 6.12. The van der Waals surface area contributed by atoms with Crippen molar-refractivity contribution < 1.29 is 14.5 Å². The molecule has 0 radical (unpaired) electrons. The van der Waals surface area contributed by atoms with Gasteiger partial charge in [0, 0.05) is 23.1 Å². The fourth-order valence-electron chi connectivity index (χ4n) is 3.52. The summed E-state index contributed by atoms with van der Waals surface area (Å²) in [6, 6.07) is 15.2. The molecule has 0 aliphatic carbocycles. The molecule has 0 atom stereocenters. The molecule has 2 heterocycles. The van der Waals surface area contributed by atoms with Crippen LogP contribution in [0.1, 0.15) is 17.0 Å². The summed E-state index contributed by atoms with van der Waals surface area (Å²) >= 11 is 6.97. The molecule has 1 saturated heterocycles. The molecule has 1 aliphatic heterocycles. The Morgan fingerprint density at radius 2 is 1.74 bits per heavy atom. The van der Waals surface area contributed by atoms with E-state index in [-0.39, 0.29) is 21.9 Å². The SMILES string of the molecule is Cc1cc(C=C2SC(=O)N(c3ccccc3)C2=O)c(C)n1-c1ccc([N+](=O)[O-])c(Cl)c1. The number of amides is 2. The van der Waals surface area contributed by atoms with Gasteiger partial charge >= 0.3 is 0 Å². The van der Waals surface area contributed by atoms with Crippen molar-refractivity contribution in [2.75, 3.05) is 4.90 Å². The third-order valence-electron chi connectivity index (χ3n) is 4.95. The van der Waals surface area contributed by atoms with Crippen LogP contribution >= 0.6 is 23.4 Å². The molecule has 2 aromatic carbocycles. The van der Waals surface area contributed by atoms with Crippen LogP contribution in [-0.2, 0) is 4.79 Å². The highest BCUT2D eigenvalue weighted by Gasteiger charge is 2.36. The van der Waals surface area contributed by atoms with Crippen LogP contribution in [0, 0.1) is 24.0 Å². The largest absolute Gasteiger partial charge is 0.318 e. The number of carbonyl (C=O) groups excluding carboxylic acids is 2.